The van der Waals surface area contributed by atoms with Gasteiger partial charge >= 0.3 is 12.1 Å². The number of carboxylic acids is 1. The molecule has 2 aromatic rings. The van der Waals surface area contributed by atoms with Gasteiger partial charge in [-0.1, -0.05) is 48.5 Å². The highest BCUT2D eigenvalue weighted by atomic mass is 16.5. The van der Waals surface area contributed by atoms with E-state index in [1.807, 2.05) is 24.3 Å². The van der Waals surface area contributed by atoms with E-state index in [1.54, 1.807) is 6.92 Å². The highest BCUT2D eigenvalue weighted by molar-refractivity contribution is 5.90. The Hall–Kier alpha value is -3.39. The van der Waals surface area contributed by atoms with Gasteiger partial charge in [-0.05, 0) is 48.4 Å². The Morgan fingerprint density at radius 1 is 1.11 bits per heavy atom. The average Bonchev–Trinajstić information content (AvgIpc) is 3.57. The fourth-order valence-electron chi connectivity index (χ4n) is 5.67. The molecule has 2 heterocycles. The largest absolute Gasteiger partial charge is 0.480 e. The first-order chi connectivity index (χ1) is 16.9. The van der Waals surface area contributed by atoms with Crippen LogP contribution < -0.4 is 5.32 Å². The highest BCUT2D eigenvalue weighted by Gasteiger charge is 2.49. The summed E-state index contributed by atoms with van der Waals surface area (Å²) in [5.74, 6) is -1.58. The number of nitrogens with one attached hydrogen (secondary N) is 1. The minimum absolute atomic E-state index is 0.0267. The molecule has 184 valence electrons. The SMILES string of the molecule is C[C@@]1(C(=O)O)CCCN1C(=O)C1OCCC1CNC(=O)OCC1c2ccccc2-c2ccccc21. The van der Waals surface area contributed by atoms with Crippen molar-refractivity contribution in [2.45, 2.75) is 43.7 Å². The summed E-state index contributed by atoms with van der Waals surface area (Å²) >= 11 is 0. The predicted molar refractivity (Wildman–Crippen MR) is 128 cm³/mol. The predicted octanol–water partition coefficient (Wildman–Crippen LogP) is 3.40. The second-order valence-corrected chi connectivity index (χ2v) is 9.72. The van der Waals surface area contributed by atoms with Crippen LogP contribution in [0.3, 0.4) is 0 Å². The zero-order valence-corrected chi connectivity index (χ0v) is 19.7. The number of benzene rings is 2. The van der Waals surface area contributed by atoms with Crippen molar-refractivity contribution in [3.63, 3.8) is 0 Å². The van der Waals surface area contributed by atoms with Gasteiger partial charge in [0.2, 0.25) is 0 Å². The molecule has 1 aliphatic carbocycles. The fourth-order valence-corrected chi connectivity index (χ4v) is 5.67. The van der Waals surface area contributed by atoms with E-state index in [-0.39, 0.29) is 30.9 Å². The number of alkyl carbamates (subject to hydrolysis) is 1. The minimum atomic E-state index is -1.21. The van der Waals surface area contributed by atoms with Gasteiger partial charge in [0, 0.05) is 31.5 Å². The standard InChI is InChI=1S/C27H30N2O6/c1-27(25(31)32)12-6-13-29(27)24(30)23-17(11-14-34-23)15-28-26(33)35-16-22-20-9-4-2-7-18(20)19-8-3-5-10-21(19)22/h2-5,7-10,17,22-23H,6,11-16H2,1H3,(H,28,33)(H,31,32)/t17?,23?,27-/m0/s1. The van der Waals surface area contributed by atoms with Crippen molar-refractivity contribution < 1.29 is 29.0 Å². The molecule has 2 N–H and O–H groups in total. The maximum atomic E-state index is 13.1. The van der Waals surface area contributed by atoms with Gasteiger partial charge in [-0.2, -0.15) is 0 Å². The maximum Gasteiger partial charge on any atom is 0.407 e. The molecule has 8 heteroatoms. The summed E-state index contributed by atoms with van der Waals surface area (Å²) < 4.78 is 11.3. The summed E-state index contributed by atoms with van der Waals surface area (Å²) in [4.78, 5) is 38.9. The Morgan fingerprint density at radius 3 is 2.43 bits per heavy atom. The highest BCUT2D eigenvalue weighted by Crippen LogP contribution is 2.44. The van der Waals surface area contributed by atoms with Crippen LogP contribution in [0.25, 0.3) is 11.1 Å². The number of aliphatic carboxylic acids is 1. The number of carbonyl (C=O) groups excluding carboxylic acids is 2. The van der Waals surface area contributed by atoms with Crippen LogP contribution in [-0.2, 0) is 19.1 Å². The lowest BCUT2D eigenvalue weighted by atomic mass is 9.96. The number of carboxylic acid groups (broad SMARTS) is 1. The second-order valence-electron chi connectivity index (χ2n) is 9.72. The number of ether oxygens (including phenoxy) is 2. The molecular formula is C27H30N2O6. The van der Waals surface area contributed by atoms with Crippen molar-refractivity contribution in [2.75, 3.05) is 26.3 Å². The fraction of sp³-hybridized carbons (Fsp3) is 0.444. The Bertz CT molecular complexity index is 1100. The third-order valence-electron chi connectivity index (χ3n) is 7.68. The van der Waals surface area contributed by atoms with Crippen molar-refractivity contribution in [2.24, 2.45) is 5.92 Å². The number of nitrogens with zero attached hydrogens (tertiary/aromatic N) is 1. The molecule has 2 aromatic carbocycles. The smallest absolute Gasteiger partial charge is 0.407 e. The monoisotopic (exact) mass is 478 g/mol. The molecule has 0 saturated carbocycles. The lowest BCUT2D eigenvalue weighted by Crippen LogP contribution is -2.55. The van der Waals surface area contributed by atoms with E-state index in [2.05, 4.69) is 29.6 Å². The van der Waals surface area contributed by atoms with E-state index >= 15 is 0 Å². The van der Waals surface area contributed by atoms with Gasteiger partial charge in [-0.25, -0.2) is 9.59 Å². The molecule has 2 amide bonds. The van der Waals surface area contributed by atoms with E-state index in [1.165, 1.54) is 4.90 Å². The van der Waals surface area contributed by atoms with Gasteiger partial charge in [0.15, 0.2) is 0 Å². The van der Waals surface area contributed by atoms with Crippen LogP contribution in [-0.4, -0.2) is 65.9 Å². The molecule has 3 atom stereocenters. The topological polar surface area (TPSA) is 105 Å². The lowest BCUT2D eigenvalue weighted by molar-refractivity contribution is -0.160. The zero-order valence-electron chi connectivity index (χ0n) is 19.7. The van der Waals surface area contributed by atoms with E-state index in [0.29, 0.717) is 32.4 Å². The summed E-state index contributed by atoms with van der Waals surface area (Å²) in [5, 5.41) is 12.4. The molecule has 2 unspecified atom stereocenters. The van der Waals surface area contributed by atoms with Crippen LogP contribution in [0.5, 0.6) is 0 Å². The van der Waals surface area contributed by atoms with Crippen molar-refractivity contribution in [3.05, 3.63) is 59.7 Å². The lowest BCUT2D eigenvalue weighted by Gasteiger charge is -2.34. The Balaban J connectivity index is 1.18. The van der Waals surface area contributed by atoms with Crippen LogP contribution in [0.1, 0.15) is 43.2 Å². The Labute approximate surface area is 204 Å². The van der Waals surface area contributed by atoms with Gasteiger partial charge in [-0.3, -0.25) is 4.79 Å². The first-order valence-electron chi connectivity index (χ1n) is 12.2. The first-order valence-corrected chi connectivity index (χ1v) is 12.2. The van der Waals surface area contributed by atoms with Gasteiger partial charge < -0.3 is 24.8 Å². The Morgan fingerprint density at radius 2 is 1.77 bits per heavy atom. The first kappa shape index (κ1) is 23.4. The minimum Gasteiger partial charge on any atom is -0.480 e. The van der Waals surface area contributed by atoms with Gasteiger partial charge in [0.1, 0.15) is 18.2 Å². The molecule has 2 fully saturated rings. The molecular weight excluding hydrogens is 448 g/mol. The molecule has 0 aromatic heterocycles. The van der Waals surface area contributed by atoms with Crippen LogP contribution in [0.4, 0.5) is 4.79 Å². The number of fused-ring (bicyclic) bond motifs is 3. The van der Waals surface area contributed by atoms with Crippen molar-refractivity contribution in [1.29, 1.82) is 0 Å². The normalized spacial score (nSPS) is 25.2. The van der Waals surface area contributed by atoms with E-state index < -0.39 is 23.7 Å². The summed E-state index contributed by atoms with van der Waals surface area (Å²) in [5.41, 5.74) is 3.40. The van der Waals surface area contributed by atoms with Crippen LogP contribution >= 0.6 is 0 Å². The van der Waals surface area contributed by atoms with Crippen LogP contribution in [0, 0.1) is 5.92 Å². The second kappa shape index (κ2) is 9.34. The molecule has 2 saturated heterocycles. The van der Waals surface area contributed by atoms with Gasteiger partial charge in [0.05, 0.1) is 0 Å². The third-order valence-corrected chi connectivity index (χ3v) is 7.68. The number of carbonyl (C=O) groups is 3. The number of rotatable bonds is 6. The van der Waals surface area contributed by atoms with Crippen LogP contribution in [0.2, 0.25) is 0 Å². The number of amides is 2. The van der Waals surface area contributed by atoms with Crippen molar-refractivity contribution in [1.82, 2.24) is 10.2 Å². The molecule has 8 nitrogen and oxygen atoms in total. The summed E-state index contributed by atoms with van der Waals surface area (Å²) in [6.07, 6.45) is 0.368. The van der Waals surface area contributed by atoms with Crippen molar-refractivity contribution >= 4 is 18.0 Å². The average molecular weight is 479 g/mol. The van der Waals surface area contributed by atoms with E-state index in [0.717, 1.165) is 22.3 Å². The molecule has 0 spiro atoms. The van der Waals surface area contributed by atoms with Gasteiger partial charge in [0.25, 0.3) is 5.91 Å². The maximum absolute atomic E-state index is 13.1. The molecule has 3 aliphatic rings. The number of hydrogen-bond donors (Lipinski definition) is 2. The summed E-state index contributed by atoms with van der Waals surface area (Å²) in [6.45, 7) is 2.82. The molecule has 0 radical (unpaired) electrons. The third kappa shape index (κ3) is 4.16. The number of hydrogen-bond acceptors (Lipinski definition) is 5. The molecule has 5 rings (SSSR count). The van der Waals surface area contributed by atoms with Crippen LogP contribution in [0.15, 0.2) is 48.5 Å². The Kier molecular flexibility index (Phi) is 6.23. The van der Waals surface area contributed by atoms with E-state index in [9.17, 15) is 19.5 Å². The quantitative estimate of drug-likeness (QED) is 0.659. The summed E-state index contributed by atoms with van der Waals surface area (Å²) in [6, 6.07) is 16.3. The number of likely N-dealkylation sites (tertiary alicyclic amines) is 1. The van der Waals surface area contributed by atoms with Gasteiger partial charge in [-0.15, -0.1) is 0 Å². The molecule has 35 heavy (non-hydrogen) atoms. The molecule has 0 bridgehead atoms. The van der Waals surface area contributed by atoms with E-state index in [4.69, 9.17) is 9.47 Å². The van der Waals surface area contributed by atoms with Crippen molar-refractivity contribution in [3.8, 4) is 11.1 Å². The molecule has 2 aliphatic heterocycles. The zero-order chi connectivity index (χ0) is 24.6. The summed E-state index contributed by atoms with van der Waals surface area (Å²) in [7, 11) is 0.